The first-order valence-electron chi connectivity index (χ1n) is 10.3. The quantitative estimate of drug-likeness (QED) is 0.662. The number of ether oxygens (including phenoxy) is 1. The van der Waals surface area contributed by atoms with Gasteiger partial charge in [0.1, 0.15) is 5.60 Å². The first-order chi connectivity index (χ1) is 14.0. The van der Waals surface area contributed by atoms with Gasteiger partial charge in [0.15, 0.2) is 0 Å². The summed E-state index contributed by atoms with van der Waals surface area (Å²) < 4.78 is 44.6. The maximum absolute atomic E-state index is 13.1. The molecule has 0 aliphatic carbocycles. The molecule has 0 aromatic heterocycles. The first-order valence-corrected chi connectivity index (χ1v) is 10.3. The number of amides is 2. The van der Waals surface area contributed by atoms with Crippen LogP contribution >= 0.6 is 0 Å². The highest BCUT2D eigenvalue weighted by Crippen LogP contribution is 2.24. The van der Waals surface area contributed by atoms with Crippen molar-refractivity contribution in [2.75, 3.05) is 26.2 Å². The van der Waals surface area contributed by atoms with E-state index in [0.717, 1.165) is 10.5 Å². The van der Waals surface area contributed by atoms with Crippen LogP contribution in [-0.2, 0) is 16.0 Å². The number of nitrogens with zero attached hydrogens (tertiary/aromatic N) is 2. The van der Waals surface area contributed by atoms with Crippen LogP contribution < -0.4 is 0 Å². The highest BCUT2D eigenvalue weighted by atomic mass is 19.4. The number of hydrogen-bond donors (Lipinski definition) is 0. The molecule has 30 heavy (non-hydrogen) atoms. The summed E-state index contributed by atoms with van der Waals surface area (Å²) in [7, 11) is 0. The Bertz CT molecular complexity index is 694. The summed E-state index contributed by atoms with van der Waals surface area (Å²) in [5, 5.41) is 0. The average Bonchev–Trinajstić information content (AvgIpc) is 2.66. The van der Waals surface area contributed by atoms with Crippen molar-refractivity contribution < 1.29 is 27.5 Å². The summed E-state index contributed by atoms with van der Waals surface area (Å²) in [6.45, 7) is 6.29. The summed E-state index contributed by atoms with van der Waals surface area (Å²) in [6.07, 6.45) is -3.14. The molecule has 2 amide bonds. The molecular weight excluding hydrogens is 397 g/mol. The normalized spacial score (nSPS) is 15.7. The zero-order chi connectivity index (χ0) is 22.4. The zero-order valence-corrected chi connectivity index (χ0v) is 17.9. The third-order valence-electron chi connectivity index (χ3n) is 5.01. The Morgan fingerprint density at radius 3 is 2.23 bits per heavy atom. The molecule has 1 heterocycles. The first kappa shape index (κ1) is 24.0. The molecule has 0 spiro atoms. The smallest absolute Gasteiger partial charge is 0.444 e. The fourth-order valence-electron chi connectivity index (χ4n) is 3.51. The fraction of sp³-hybridized carbons (Fsp3) is 0.636. The van der Waals surface area contributed by atoms with Crippen LogP contribution in [0.15, 0.2) is 30.3 Å². The minimum absolute atomic E-state index is 0.0509. The van der Waals surface area contributed by atoms with E-state index >= 15 is 0 Å². The maximum atomic E-state index is 13.1. The van der Waals surface area contributed by atoms with E-state index in [1.165, 1.54) is 0 Å². The van der Waals surface area contributed by atoms with Gasteiger partial charge in [0, 0.05) is 26.2 Å². The van der Waals surface area contributed by atoms with Crippen molar-refractivity contribution in [3.63, 3.8) is 0 Å². The van der Waals surface area contributed by atoms with Crippen LogP contribution in [0.3, 0.4) is 0 Å². The van der Waals surface area contributed by atoms with E-state index in [1.807, 2.05) is 30.3 Å². The van der Waals surface area contributed by atoms with Crippen molar-refractivity contribution in [2.24, 2.45) is 5.92 Å². The number of halogens is 3. The predicted molar refractivity (Wildman–Crippen MR) is 108 cm³/mol. The van der Waals surface area contributed by atoms with Crippen molar-refractivity contribution in [1.82, 2.24) is 9.80 Å². The van der Waals surface area contributed by atoms with Gasteiger partial charge in [-0.3, -0.25) is 4.79 Å². The third kappa shape index (κ3) is 7.88. The number of carbonyl (C=O) groups excluding carboxylic acids is 2. The second-order valence-corrected chi connectivity index (χ2v) is 8.75. The Labute approximate surface area is 176 Å². The van der Waals surface area contributed by atoms with E-state index in [2.05, 4.69) is 0 Å². The highest BCUT2D eigenvalue weighted by molar-refractivity contribution is 5.81. The van der Waals surface area contributed by atoms with Gasteiger partial charge >= 0.3 is 18.2 Å². The van der Waals surface area contributed by atoms with Gasteiger partial charge < -0.3 is 14.5 Å². The molecule has 1 aromatic carbocycles. The van der Waals surface area contributed by atoms with Crippen molar-refractivity contribution in [1.29, 1.82) is 0 Å². The van der Waals surface area contributed by atoms with Crippen molar-refractivity contribution in [2.45, 2.75) is 58.2 Å². The van der Waals surface area contributed by atoms with Crippen LogP contribution in [0.5, 0.6) is 0 Å². The molecule has 0 N–H and O–H groups in total. The van der Waals surface area contributed by atoms with E-state index < -0.39 is 23.8 Å². The van der Waals surface area contributed by atoms with Gasteiger partial charge in [-0.25, -0.2) is 4.79 Å². The Morgan fingerprint density at radius 2 is 1.70 bits per heavy atom. The van der Waals surface area contributed by atoms with E-state index in [-0.39, 0.29) is 19.0 Å². The number of likely N-dealkylation sites (tertiary alicyclic amines) is 1. The van der Waals surface area contributed by atoms with E-state index in [9.17, 15) is 22.8 Å². The Morgan fingerprint density at radius 1 is 1.10 bits per heavy atom. The molecule has 5 nitrogen and oxygen atoms in total. The molecule has 1 aliphatic heterocycles. The maximum Gasteiger partial charge on any atom is 0.471 e. The van der Waals surface area contributed by atoms with Gasteiger partial charge in [0.2, 0.25) is 0 Å². The number of piperidine rings is 1. The number of hydrogen-bond acceptors (Lipinski definition) is 3. The van der Waals surface area contributed by atoms with Gasteiger partial charge in [-0.05, 0) is 57.9 Å². The minimum Gasteiger partial charge on any atom is -0.444 e. The second kappa shape index (κ2) is 10.2. The van der Waals surface area contributed by atoms with E-state index in [1.54, 1.807) is 25.7 Å². The minimum atomic E-state index is -4.88. The molecule has 168 valence electrons. The SMILES string of the molecule is CC(C)(C)OC(=O)N1CCC(CN(CCCc2ccccc2)C(=O)C(F)(F)F)CC1. The number of benzene rings is 1. The van der Waals surface area contributed by atoms with Crippen LogP contribution in [-0.4, -0.2) is 59.8 Å². The summed E-state index contributed by atoms with van der Waals surface area (Å²) >= 11 is 0. The molecule has 0 atom stereocenters. The molecule has 0 radical (unpaired) electrons. The molecule has 1 fully saturated rings. The molecule has 0 bridgehead atoms. The summed E-state index contributed by atoms with van der Waals surface area (Å²) in [5.41, 5.74) is 0.436. The molecule has 2 rings (SSSR count). The topological polar surface area (TPSA) is 49.9 Å². The third-order valence-corrected chi connectivity index (χ3v) is 5.01. The van der Waals surface area contributed by atoms with E-state index in [4.69, 9.17) is 4.74 Å². The van der Waals surface area contributed by atoms with Gasteiger partial charge in [0.05, 0.1) is 0 Å². The summed E-state index contributed by atoms with van der Waals surface area (Å²) in [6, 6.07) is 9.48. The number of rotatable bonds is 6. The largest absolute Gasteiger partial charge is 0.471 e. The van der Waals surface area contributed by atoms with Crippen LogP contribution in [0, 0.1) is 5.92 Å². The predicted octanol–water partition coefficient (Wildman–Crippen LogP) is 4.66. The lowest BCUT2D eigenvalue weighted by Crippen LogP contribution is -2.47. The second-order valence-electron chi connectivity index (χ2n) is 8.75. The van der Waals surface area contributed by atoms with Gasteiger partial charge in [-0.15, -0.1) is 0 Å². The van der Waals surface area contributed by atoms with Gasteiger partial charge in [0.25, 0.3) is 0 Å². The molecule has 0 saturated carbocycles. The number of aryl methyl sites for hydroxylation is 1. The lowest BCUT2D eigenvalue weighted by Gasteiger charge is -2.35. The average molecular weight is 428 g/mol. The lowest BCUT2D eigenvalue weighted by atomic mass is 9.96. The van der Waals surface area contributed by atoms with Crippen LogP contribution in [0.4, 0.5) is 18.0 Å². The molecular formula is C22H31F3N2O3. The molecule has 0 unspecified atom stereocenters. The summed E-state index contributed by atoms with van der Waals surface area (Å²) in [5.74, 6) is -1.86. The number of alkyl halides is 3. The molecule has 1 aliphatic rings. The summed E-state index contributed by atoms with van der Waals surface area (Å²) in [4.78, 5) is 26.6. The Kier molecular flexibility index (Phi) is 8.15. The Hall–Kier alpha value is -2.25. The lowest BCUT2D eigenvalue weighted by molar-refractivity contribution is -0.186. The number of carbonyl (C=O) groups is 2. The van der Waals surface area contributed by atoms with Crippen LogP contribution in [0.2, 0.25) is 0 Å². The van der Waals surface area contributed by atoms with Crippen molar-refractivity contribution >= 4 is 12.0 Å². The molecule has 1 saturated heterocycles. The van der Waals surface area contributed by atoms with Gasteiger partial charge in [-0.2, -0.15) is 13.2 Å². The van der Waals surface area contributed by atoms with Crippen LogP contribution in [0.1, 0.15) is 45.6 Å². The van der Waals surface area contributed by atoms with E-state index in [0.29, 0.717) is 38.8 Å². The highest BCUT2D eigenvalue weighted by Gasteiger charge is 2.43. The van der Waals surface area contributed by atoms with Crippen molar-refractivity contribution in [3.05, 3.63) is 35.9 Å². The molecule has 8 heteroatoms. The van der Waals surface area contributed by atoms with Gasteiger partial charge in [-0.1, -0.05) is 30.3 Å². The monoisotopic (exact) mass is 428 g/mol. The fourth-order valence-corrected chi connectivity index (χ4v) is 3.51. The zero-order valence-electron chi connectivity index (χ0n) is 17.9. The van der Waals surface area contributed by atoms with Crippen molar-refractivity contribution in [3.8, 4) is 0 Å². The molecule has 1 aromatic rings. The standard InChI is InChI=1S/C22H31F3N2O3/c1-21(2,3)30-20(29)26-14-11-18(12-15-26)16-27(19(28)22(23,24)25)13-7-10-17-8-5-4-6-9-17/h4-6,8-9,18H,7,10-16H2,1-3H3. The van der Waals surface area contributed by atoms with Crippen LogP contribution in [0.25, 0.3) is 0 Å². The Balaban J connectivity index is 1.89.